The van der Waals surface area contributed by atoms with Gasteiger partial charge in [0.25, 0.3) is 0 Å². The van der Waals surface area contributed by atoms with Crippen molar-refractivity contribution in [1.29, 1.82) is 0 Å². The van der Waals surface area contributed by atoms with E-state index in [0.29, 0.717) is 12.5 Å². The van der Waals surface area contributed by atoms with Crippen LogP contribution in [0.2, 0.25) is 0 Å². The van der Waals surface area contributed by atoms with Gasteiger partial charge >= 0.3 is 0 Å². The van der Waals surface area contributed by atoms with Crippen LogP contribution in [0.5, 0.6) is 0 Å². The van der Waals surface area contributed by atoms with Crippen LogP contribution in [-0.4, -0.2) is 24.5 Å². The number of imidazole rings is 1. The van der Waals surface area contributed by atoms with Crippen LogP contribution in [-0.2, 0) is 19.4 Å². The van der Waals surface area contributed by atoms with Crippen molar-refractivity contribution in [3.05, 3.63) is 117 Å². The molecule has 0 saturated carbocycles. The molecular formula is C35H29N5. The molecule has 0 N–H and O–H groups in total. The highest BCUT2D eigenvalue weighted by Crippen LogP contribution is 2.24. The molecule has 3 heterocycles. The molecule has 0 saturated heterocycles. The molecule has 194 valence electrons. The van der Waals surface area contributed by atoms with E-state index in [1.165, 1.54) is 51.3 Å². The second kappa shape index (κ2) is 9.23. The molecule has 0 radical (unpaired) electrons. The van der Waals surface area contributed by atoms with E-state index in [2.05, 4.69) is 88.2 Å². The molecule has 5 nitrogen and oxygen atoms in total. The smallest absolute Gasteiger partial charge is 0.164 e. The highest BCUT2D eigenvalue weighted by molar-refractivity contribution is 5.79. The molecule has 0 bridgehead atoms. The first-order chi connectivity index (χ1) is 19.7. The Morgan fingerprint density at radius 3 is 2.77 bits per heavy atom. The van der Waals surface area contributed by atoms with E-state index in [1.54, 1.807) is 5.56 Å². The Balaban J connectivity index is 1.18. The first-order valence-corrected chi connectivity index (χ1v) is 14.2. The fourth-order valence-electron chi connectivity index (χ4n) is 6.50. The van der Waals surface area contributed by atoms with Crippen LogP contribution in [0.3, 0.4) is 0 Å². The van der Waals surface area contributed by atoms with Crippen LogP contribution in [0.15, 0.2) is 79.4 Å². The highest BCUT2D eigenvalue weighted by atomic mass is 15.1. The second-order valence-corrected chi connectivity index (χ2v) is 11.0. The lowest BCUT2D eigenvalue weighted by Gasteiger charge is -2.21. The van der Waals surface area contributed by atoms with Gasteiger partial charge in [-0.15, -0.1) is 0 Å². The van der Waals surface area contributed by atoms with Gasteiger partial charge in [0.05, 0.1) is 24.6 Å². The molecule has 0 spiro atoms. The molecule has 1 unspecified atom stereocenters. The topological polar surface area (TPSA) is 56.5 Å². The third-order valence-corrected chi connectivity index (χ3v) is 8.68. The minimum Gasteiger partial charge on any atom is -0.311 e. The molecule has 3 aromatic heterocycles. The standard InChI is InChI=1S/C35H29N5/c1-2-22-5-10-28-24(16-22)7-12-31-29-11-9-27(18-25(29)8-13-30(28)31)34-37-19-33-35(39-34)40(21-38-33)20-23-6-14-32-26(17-23)4-3-15-36-32/h3-4,6-9,11-12,14-19,21-22H,2,5,10,13,20H2,1H3. The van der Waals surface area contributed by atoms with Gasteiger partial charge in [0.2, 0.25) is 0 Å². The number of benzene rings is 3. The summed E-state index contributed by atoms with van der Waals surface area (Å²) in [5.74, 6) is 1.44. The zero-order valence-electron chi connectivity index (χ0n) is 22.5. The summed E-state index contributed by atoms with van der Waals surface area (Å²) in [7, 11) is 0. The molecule has 3 aromatic carbocycles. The average Bonchev–Trinajstić information content (AvgIpc) is 3.41. The lowest BCUT2D eigenvalue weighted by atomic mass is 9.84. The summed E-state index contributed by atoms with van der Waals surface area (Å²) >= 11 is 0. The molecule has 0 aliphatic heterocycles. The zero-order chi connectivity index (χ0) is 26.6. The van der Waals surface area contributed by atoms with Crippen molar-refractivity contribution in [3.8, 4) is 11.4 Å². The van der Waals surface area contributed by atoms with Gasteiger partial charge in [0.1, 0.15) is 5.52 Å². The number of pyridine rings is 1. The van der Waals surface area contributed by atoms with Gasteiger partial charge in [-0.25, -0.2) is 15.0 Å². The summed E-state index contributed by atoms with van der Waals surface area (Å²) in [5.41, 5.74) is 7.93. The van der Waals surface area contributed by atoms with Crippen molar-refractivity contribution in [2.75, 3.05) is 0 Å². The maximum atomic E-state index is 4.99. The Bertz CT molecular complexity index is 2180. The predicted octanol–water partition coefficient (Wildman–Crippen LogP) is 5.47. The van der Waals surface area contributed by atoms with Crippen LogP contribution in [0.4, 0.5) is 0 Å². The summed E-state index contributed by atoms with van der Waals surface area (Å²) in [5, 5.41) is 6.53. The van der Waals surface area contributed by atoms with Crippen molar-refractivity contribution in [2.24, 2.45) is 5.92 Å². The van der Waals surface area contributed by atoms with Gasteiger partial charge in [-0.1, -0.05) is 55.5 Å². The van der Waals surface area contributed by atoms with Crippen LogP contribution in [0, 0.1) is 16.4 Å². The van der Waals surface area contributed by atoms with E-state index in [1.807, 2.05) is 24.8 Å². The monoisotopic (exact) mass is 519 g/mol. The maximum absolute atomic E-state index is 4.99. The van der Waals surface area contributed by atoms with Crippen LogP contribution >= 0.6 is 0 Å². The summed E-state index contributed by atoms with van der Waals surface area (Å²) in [6, 6.07) is 21.8. The fraction of sp³-hybridized carbons (Fsp3) is 0.200. The minimum absolute atomic E-state index is 0.688. The zero-order valence-corrected chi connectivity index (χ0v) is 22.5. The quantitative estimate of drug-likeness (QED) is 0.310. The summed E-state index contributed by atoms with van der Waals surface area (Å²) in [6.07, 6.45) is 15.1. The van der Waals surface area contributed by atoms with Gasteiger partial charge in [-0.3, -0.25) is 4.98 Å². The Labute approximate surface area is 231 Å². The first-order valence-electron chi connectivity index (χ1n) is 14.2. The minimum atomic E-state index is 0.688. The summed E-state index contributed by atoms with van der Waals surface area (Å²) in [6.45, 7) is 2.98. The predicted molar refractivity (Wildman–Crippen MR) is 160 cm³/mol. The Morgan fingerprint density at radius 2 is 1.82 bits per heavy atom. The molecule has 8 rings (SSSR count). The lowest BCUT2D eigenvalue weighted by Crippen LogP contribution is -2.22. The lowest BCUT2D eigenvalue weighted by molar-refractivity contribution is 0.585. The molecule has 2 aliphatic rings. The van der Waals surface area contributed by atoms with Crippen LogP contribution < -0.4 is 10.4 Å². The molecular weight excluding hydrogens is 490 g/mol. The number of rotatable bonds is 4. The summed E-state index contributed by atoms with van der Waals surface area (Å²) in [4.78, 5) is 18.7. The largest absolute Gasteiger partial charge is 0.311 e. The van der Waals surface area contributed by atoms with Gasteiger partial charge in [-0.2, -0.15) is 0 Å². The molecule has 0 amide bonds. The van der Waals surface area contributed by atoms with Crippen molar-refractivity contribution < 1.29 is 0 Å². The third kappa shape index (κ3) is 3.84. The normalized spacial score (nSPS) is 15.7. The Hall–Kier alpha value is -4.64. The number of nitrogens with zero attached hydrogens (tertiary/aromatic N) is 5. The number of fused-ring (bicyclic) bond motifs is 6. The summed E-state index contributed by atoms with van der Waals surface area (Å²) < 4.78 is 2.10. The third-order valence-electron chi connectivity index (χ3n) is 8.68. The van der Waals surface area contributed by atoms with Crippen molar-refractivity contribution >= 4 is 34.2 Å². The van der Waals surface area contributed by atoms with Crippen LogP contribution in [0.25, 0.3) is 45.6 Å². The fourth-order valence-corrected chi connectivity index (χ4v) is 6.50. The van der Waals surface area contributed by atoms with Gasteiger partial charge in [0, 0.05) is 17.1 Å². The van der Waals surface area contributed by atoms with E-state index in [4.69, 9.17) is 9.97 Å². The maximum Gasteiger partial charge on any atom is 0.164 e. The number of hydrogen-bond donors (Lipinski definition) is 0. The van der Waals surface area contributed by atoms with E-state index in [-0.39, 0.29) is 0 Å². The van der Waals surface area contributed by atoms with E-state index < -0.39 is 0 Å². The Kier molecular flexibility index (Phi) is 5.37. The molecule has 1 atom stereocenters. The van der Waals surface area contributed by atoms with Crippen molar-refractivity contribution in [3.63, 3.8) is 0 Å². The molecule has 2 aliphatic carbocycles. The van der Waals surface area contributed by atoms with Crippen LogP contribution in [0.1, 0.15) is 36.5 Å². The number of aromatic nitrogens is 5. The van der Waals surface area contributed by atoms with Gasteiger partial charge in [0.15, 0.2) is 11.5 Å². The SMILES string of the molecule is CCC1C=c2ccc3c(c2CC1)CC=c1cc(-c2ncc4ncn(Cc5ccc6ncccc6c5)c4n2)ccc1=3. The number of hydrogen-bond acceptors (Lipinski definition) is 4. The van der Waals surface area contributed by atoms with E-state index in [0.717, 1.165) is 39.9 Å². The first kappa shape index (κ1) is 23.3. The molecule has 40 heavy (non-hydrogen) atoms. The second-order valence-electron chi connectivity index (χ2n) is 11.0. The van der Waals surface area contributed by atoms with E-state index in [9.17, 15) is 0 Å². The molecule has 0 fully saturated rings. The van der Waals surface area contributed by atoms with Crippen molar-refractivity contribution in [1.82, 2.24) is 24.5 Å². The molecule has 6 aromatic rings. The van der Waals surface area contributed by atoms with Gasteiger partial charge in [-0.05, 0) is 93.4 Å². The Morgan fingerprint density at radius 1 is 0.875 bits per heavy atom. The van der Waals surface area contributed by atoms with E-state index >= 15 is 0 Å². The molecule has 5 heteroatoms. The average molecular weight is 520 g/mol. The van der Waals surface area contributed by atoms with Gasteiger partial charge < -0.3 is 4.57 Å². The van der Waals surface area contributed by atoms with Crippen molar-refractivity contribution in [2.45, 2.75) is 39.2 Å². The highest BCUT2D eigenvalue weighted by Gasteiger charge is 2.16.